The lowest BCUT2D eigenvalue weighted by atomic mass is 10.0. The van der Waals surface area contributed by atoms with E-state index in [9.17, 15) is 5.11 Å². The van der Waals surface area contributed by atoms with Crippen LogP contribution in [-0.2, 0) is 6.42 Å². The van der Waals surface area contributed by atoms with Crippen LogP contribution in [0.3, 0.4) is 0 Å². The Labute approximate surface area is 78.9 Å². The zero-order valence-corrected chi connectivity index (χ0v) is 8.14. The molecule has 0 aliphatic rings. The molecule has 1 rings (SSSR count). The van der Waals surface area contributed by atoms with Crippen LogP contribution in [0.15, 0.2) is 18.5 Å². The highest BCUT2D eigenvalue weighted by atomic mass is 16.3. The second-order valence-corrected chi connectivity index (χ2v) is 3.65. The Morgan fingerprint density at radius 2 is 1.92 bits per heavy atom. The zero-order chi connectivity index (χ0) is 9.68. The van der Waals surface area contributed by atoms with Gasteiger partial charge in [0.25, 0.3) is 0 Å². The van der Waals surface area contributed by atoms with Crippen LogP contribution in [0, 0.1) is 5.92 Å². The predicted molar refractivity (Wildman–Crippen MR) is 51.2 cm³/mol. The van der Waals surface area contributed by atoms with E-state index in [1.165, 1.54) is 0 Å². The number of rotatable bonds is 4. The van der Waals surface area contributed by atoms with Crippen molar-refractivity contribution in [2.75, 3.05) is 0 Å². The molecule has 0 radical (unpaired) electrons. The first-order valence-electron chi connectivity index (χ1n) is 4.62. The molecule has 0 spiro atoms. The third-order valence-electron chi connectivity index (χ3n) is 1.78. The van der Waals surface area contributed by atoms with Crippen molar-refractivity contribution in [3.05, 3.63) is 24.3 Å². The van der Waals surface area contributed by atoms with E-state index in [1.54, 1.807) is 18.5 Å². The average Bonchev–Trinajstić information content (AvgIpc) is 2.04. The number of aromatic nitrogens is 2. The monoisotopic (exact) mass is 180 g/mol. The molecule has 0 bridgehead atoms. The topological polar surface area (TPSA) is 46.0 Å². The van der Waals surface area contributed by atoms with E-state index in [1.807, 2.05) is 0 Å². The lowest BCUT2D eigenvalue weighted by molar-refractivity contribution is 0.147. The van der Waals surface area contributed by atoms with Crippen molar-refractivity contribution in [2.24, 2.45) is 5.92 Å². The van der Waals surface area contributed by atoms with Crippen LogP contribution in [0.25, 0.3) is 0 Å². The molecule has 0 amide bonds. The molecular formula is C10H16N2O. The Morgan fingerprint density at radius 3 is 2.46 bits per heavy atom. The van der Waals surface area contributed by atoms with E-state index >= 15 is 0 Å². The van der Waals surface area contributed by atoms with Gasteiger partial charge >= 0.3 is 0 Å². The van der Waals surface area contributed by atoms with Gasteiger partial charge in [0.15, 0.2) is 0 Å². The molecule has 72 valence electrons. The van der Waals surface area contributed by atoms with Gasteiger partial charge < -0.3 is 5.11 Å². The van der Waals surface area contributed by atoms with Crippen LogP contribution < -0.4 is 0 Å². The molecule has 1 atom stereocenters. The Bertz CT molecular complexity index is 236. The van der Waals surface area contributed by atoms with Crippen molar-refractivity contribution in [2.45, 2.75) is 32.8 Å². The molecule has 1 unspecified atom stereocenters. The summed E-state index contributed by atoms with van der Waals surface area (Å²) in [5.41, 5.74) is 0. The maximum absolute atomic E-state index is 9.59. The van der Waals surface area contributed by atoms with E-state index in [-0.39, 0.29) is 6.10 Å². The summed E-state index contributed by atoms with van der Waals surface area (Å²) in [6, 6.07) is 1.78. The molecule has 3 heteroatoms. The first-order chi connectivity index (χ1) is 6.18. The van der Waals surface area contributed by atoms with Crippen LogP contribution in [0.4, 0.5) is 0 Å². The van der Waals surface area contributed by atoms with E-state index < -0.39 is 0 Å². The Kier molecular flexibility index (Phi) is 3.83. The molecule has 1 heterocycles. The normalized spacial score (nSPS) is 13.2. The van der Waals surface area contributed by atoms with Gasteiger partial charge in [-0.2, -0.15) is 0 Å². The second kappa shape index (κ2) is 4.92. The summed E-state index contributed by atoms with van der Waals surface area (Å²) in [4.78, 5) is 8.11. The summed E-state index contributed by atoms with van der Waals surface area (Å²) in [6.07, 6.45) is 4.44. The summed E-state index contributed by atoms with van der Waals surface area (Å²) >= 11 is 0. The highest BCUT2D eigenvalue weighted by Crippen LogP contribution is 2.07. The Balaban J connectivity index is 2.41. The van der Waals surface area contributed by atoms with Crippen LogP contribution >= 0.6 is 0 Å². The summed E-state index contributed by atoms with van der Waals surface area (Å²) in [7, 11) is 0. The number of aliphatic hydroxyl groups is 1. The summed E-state index contributed by atoms with van der Waals surface area (Å²) in [5.74, 6) is 1.23. The van der Waals surface area contributed by atoms with E-state index in [2.05, 4.69) is 23.8 Å². The summed E-state index contributed by atoms with van der Waals surface area (Å²) < 4.78 is 0. The molecular weight excluding hydrogens is 164 g/mol. The fraction of sp³-hybridized carbons (Fsp3) is 0.600. The van der Waals surface area contributed by atoms with Crippen molar-refractivity contribution in [1.29, 1.82) is 0 Å². The minimum Gasteiger partial charge on any atom is -0.393 e. The number of hydrogen-bond donors (Lipinski definition) is 1. The summed E-state index contributed by atoms with van der Waals surface area (Å²) in [5, 5.41) is 9.59. The van der Waals surface area contributed by atoms with Gasteiger partial charge in [-0.15, -0.1) is 0 Å². The molecule has 1 aromatic rings. The molecule has 3 nitrogen and oxygen atoms in total. The number of hydrogen-bond acceptors (Lipinski definition) is 3. The van der Waals surface area contributed by atoms with Crippen LogP contribution in [0.2, 0.25) is 0 Å². The van der Waals surface area contributed by atoms with Crippen molar-refractivity contribution < 1.29 is 5.11 Å². The van der Waals surface area contributed by atoms with Gasteiger partial charge in [-0.3, -0.25) is 0 Å². The van der Waals surface area contributed by atoms with Gasteiger partial charge in [-0.05, 0) is 18.4 Å². The molecule has 0 fully saturated rings. The van der Waals surface area contributed by atoms with Gasteiger partial charge in [0, 0.05) is 18.8 Å². The van der Waals surface area contributed by atoms with Crippen molar-refractivity contribution in [3.63, 3.8) is 0 Å². The quantitative estimate of drug-likeness (QED) is 0.762. The van der Waals surface area contributed by atoms with Gasteiger partial charge in [0.2, 0.25) is 0 Å². The molecule has 1 aromatic heterocycles. The van der Waals surface area contributed by atoms with Gasteiger partial charge in [0.05, 0.1) is 6.10 Å². The van der Waals surface area contributed by atoms with Crippen LogP contribution in [0.1, 0.15) is 26.1 Å². The highest BCUT2D eigenvalue weighted by Gasteiger charge is 2.08. The first kappa shape index (κ1) is 10.1. The lowest BCUT2D eigenvalue weighted by Crippen LogP contribution is -2.14. The zero-order valence-electron chi connectivity index (χ0n) is 8.14. The van der Waals surface area contributed by atoms with E-state index in [0.717, 1.165) is 12.2 Å². The number of nitrogens with zero attached hydrogens (tertiary/aromatic N) is 2. The summed E-state index contributed by atoms with van der Waals surface area (Å²) in [6.45, 7) is 4.18. The third kappa shape index (κ3) is 3.99. The Hall–Kier alpha value is -0.960. The van der Waals surface area contributed by atoms with Gasteiger partial charge in [0.1, 0.15) is 5.82 Å². The first-order valence-corrected chi connectivity index (χ1v) is 4.62. The molecule has 13 heavy (non-hydrogen) atoms. The standard InChI is InChI=1S/C10H16N2O/c1-8(2)6-9(13)7-10-11-4-3-5-12-10/h3-5,8-9,13H,6-7H2,1-2H3. The average molecular weight is 180 g/mol. The largest absolute Gasteiger partial charge is 0.393 e. The molecule has 0 saturated carbocycles. The highest BCUT2D eigenvalue weighted by molar-refractivity contribution is 4.90. The van der Waals surface area contributed by atoms with Crippen molar-refractivity contribution >= 4 is 0 Å². The number of aliphatic hydroxyl groups excluding tert-OH is 1. The smallest absolute Gasteiger partial charge is 0.130 e. The maximum atomic E-state index is 9.59. The van der Waals surface area contributed by atoms with E-state index in [4.69, 9.17) is 0 Å². The van der Waals surface area contributed by atoms with Crippen LogP contribution in [0.5, 0.6) is 0 Å². The SMILES string of the molecule is CC(C)CC(O)Cc1ncccn1. The minimum atomic E-state index is -0.317. The molecule has 0 aromatic carbocycles. The molecule has 0 saturated heterocycles. The Morgan fingerprint density at radius 1 is 1.31 bits per heavy atom. The lowest BCUT2D eigenvalue weighted by Gasteiger charge is -2.11. The van der Waals surface area contributed by atoms with E-state index in [0.29, 0.717) is 12.3 Å². The molecule has 0 aliphatic carbocycles. The van der Waals surface area contributed by atoms with Crippen molar-refractivity contribution in [1.82, 2.24) is 9.97 Å². The fourth-order valence-electron chi connectivity index (χ4n) is 1.27. The minimum absolute atomic E-state index is 0.317. The van der Waals surface area contributed by atoms with Crippen molar-refractivity contribution in [3.8, 4) is 0 Å². The predicted octanol–water partition coefficient (Wildman–Crippen LogP) is 1.43. The van der Waals surface area contributed by atoms with Gasteiger partial charge in [-0.25, -0.2) is 9.97 Å². The second-order valence-electron chi connectivity index (χ2n) is 3.65. The maximum Gasteiger partial charge on any atom is 0.130 e. The third-order valence-corrected chi connectivity index (χ3v) is 1.78. The molecule has 0 aliphatic heterocycles. The van der Waals surface area contributed by atoms with Gasteiger partial charge in [-0.1, -0.05) is 13.8 Å². The molecule has 1 N–H and O–H groups in total. The van der Waals surface area contributed by atoms with Crippen LogP contribution in [-0.4, -0.2) is 21.2 Å². The fourth-order valence-corrected chi connectivity index (χ4v) is 1.27.